The molecule has 0 radical (unpaired) electrons. The largest absolute Gasteiger partial charge is 0.387 e. The first kappa shape index (κ1) is 14.8. The van der Waals surface area contributed by atoms with Crippen LogP contribution in [-0.4, -0.2) is 17.2 Å². The number of benzene rings is 1. The van der Waals surface area contributed by atoms with E-state index in [1.54, 1.807) is 0 Å². The molecule has 0 aliphatic heterocycles. The molecule has 2 N–H and O–H groups in total. The summed E-state index contributed by atoms with van der Waals surface area (Å²) >= 11 is 5.90. The first-order valence-corrected chi connectivity index (χ1v) is 7.65. The minimum atomic E-state index is -0.474. The highest BCUT2D eigenvalue weighted by atomic mass is 35.5. The molecule has 1 aromatic carbocycles. The second-order valence-electron chi connectivity index (χ2n) is 5.91. The van der Waals surface area contributed by atoms with E-state index >= 15 is 0 Å². The lowest BCUT2D eigenvalue weighted by atomic mass is 9.92. The number of halogens is 1. The van der Waals surface area contributed by atoms with E-state index < -0.39 is 6.10 Å². The summed E-state index contributed by atoms with van der Waals surface area (Å²) in [6.07, 6.45) is 4.60. The van der Waals surface area contributed by atoms with Crippen molar-refractivity contribution in [2.24, 2.45) is 5.92 Å². The summed E-state index contributed by atoms with van der Waals surface area (Å²) in [5.41, 5.74) is 0.939. The van der Waals surface area contributed by atoms with E-state index in [-0.39, 0.29) is 6.04 Å². The molecule has 0 spiro atoms. The van der Waals surface area contributed by atoms with Crippen molar-refractivity contribution >= 4 is 11.6 Å². The lowest BCUT2D eigenvalue weighted by molar-refractivity contribution is 0.0980. The van der Waals surface area contributed by atoms with E-state index in [4.69, 9.17) is 11.6 Å². The summed E-state index contributed by atoms with van der Waals surface area (Å²) in [6, 6.07) is 8.18. The molecule has 1 aromatic rings. The second-order valence-corrected chi connectivity index (χ2v) is 6.35. The van der Waals surface area contributed by atoms with E-state index in [9.17, 15) is 5.11 Å². The van der Waals surface area contributed by atoms with Crippen molar-refractivity contribution in [3.63, 3.8) is 0 Å². The number of aliphatic hydroxyl groups excluding tert-OH is 1. The van der Waals surface area contributed by atoms with Gasteiger partial charge in [0.1, 0.15) is 0 Å². The Morgan fingerprint density at radius 3 is 2.26 bits per heavy atom. The molecule has 0 saturated heterocycles. The Kier molecular flexibility index (Phi) is 5.26. The molecule has 1 aliphatic rings. The van der Waals surface area contributed by atoms with Gasteiger partial charge in [-0.1, -0.05) is 50.4 Å². The van der Waals surface area contributed by atoms with Crippen LogP contribution in [-0.2, 0) is 0 Å². The van der Waals surface area contributed by atoms with Gasteiger partial charge in [-0.05, 0) is 36.5 Å². The average molecular weight is 282 g/mol. The van der Waals surface area contributed by atoms with E-state index in [2.05, 4.69) is 19.2 Å². The predicted octanol–water partition coefficient (Wildman–Crippen LogP) is 3.93. The quantitative estimate of drug-likeness (QED) is 0.857. The predicted molar refractivity (Wildman–Crippen MR) is 80.4 cm³/mol. The molecule has 0 aromatic heterocycles. The Bertz CT molecular complexity index is 384. The Morgan fingerprint density at radius 1 is 1.16 bits per heavy atom. The molecule has 1 fully saturated rings. The zero-order chi connectivity index (χ0) is 13.8. The van der Waals surface area contributed by atoms with Crippen molar-refractivity contribution in [3.8, 4) is 0 Å². The van der Waals surface area contributed by atoms with Gasteiger partial charge in [-0.25, -0.2) is 0 Å². The van der Waals surface area contributed by atoms with Crippen LogP contribution in [0.2, 0.25) is 5.02 Å². The molecular formula is C16H24ClNO. The average Bonchev–Trinajstić information content (AvgIpc) is 2.88. The first-order valence-electron chi connectivity index (χ1n) is 7.27. The molecule has 0 amide bonds. The van der Waals surface area contributed by atoms with Gasteiger partial charge in [0.15, 0.2) is 0 Å². The fourth-order valence-electron chi connectivity index (χ4n) is 2.88. The van der Waals surface area contributed by atoms with Crippen LogP contribution in [0.4, 0.5) is 0 Å². The molecular weight excluding hydrogens is 258 g/mol. The van der Waals surface area contributed by atoms with Crippen molar-refractivity contribution < 1.29 is 5.11 Å². The number of aliphatic hydroxyl groups is 1. The normalized spacial score (nSPS) is 19.8. The molecule has 2 unspecified atom stereocenters. The first-order chi connectivity index (χ1) is 9.08. The summed E-state index contributed by atoms with van der Waals surface area (Å²) in [5.74, 6) is 0.395. The van der Waals surface area contributed by atoms with Crippen LogP contribution in [0.3, 0.4) is 0 Å². The van der Waals surface area contributed by atoms with Gasteiger partial charge < -0.3 is 10.4 Å². The summed E-state index contributed by atoms with van der Waals surface area (Å²) in [4.78, 5) is 0. The molecule has 106 valence electrons. The summed E-state index contributed by atoms with van der Waals surface area (Å²) < 4.78 is 0. The third-order valence-electron chi connectivity index (χ3n) is 4.05. The molecule has 2 atom stereocenters. The molecule has 19 heavy (non-hydrogen) atoms. The number of nitrogens with one attached hydrogen (secondary N) is 1. The van der Waals surface area contributed by atoms with E-state index in [1.165, 1.54) is 25.7 Å². The smallest absolute Gasteiger partial charge is 0.0945 e. The van der Waals surface area contributed by atoms with Crippen molar-refractivity contribution in [2.45, 2.75) is 57.7 Å². The van der Waals surface area contributed by atoms with Crippen LogP contribution in [0.1, 0.15) is 51.2 Å². The zero-order valence-electron chi connectivity index (χ0n) is 11.8. The molecule has 0 bridgehead atoms. The van der Waals surface area contributed by atoms with Crippen molar-refractivity contribution in [1.29, 1.82) is 0 Å². The SMILES string of the molecule is CC(C)C(NC1CCCC1)C(O)c1ccc(Cl)cc1. The lowest BCUT2D eigenvalue weighted by Crippen LogP contribution is -2.44. The summed E-state index contributed by atoms with van der Waals surface area (Å²) in [7, 11) is 0. The van der Waals surface area contributed by atoms with Gasteiger partial charge in [0.05, 0.1) is 6.10 Å². The van der Waals surface area contributed by atoms with Crippen LogP contribution < -0.4 is 5.32 Å². The third kappa shape index (κ3) is 3.95. The fraction of sp³-hybridized carbons (Fsp3) is 0.625. The fourth-order valence-corrected chi connectivity index (χ4v) is 3.01. The highest BCUT2D eigenvalue weighted by molar-refractivity contribution is 6.30. The van der Waals surface area contributed by atoms with E-state index in [0.29, 0.717) is 17.0 Å². The van der Waals surface area contributed by atoms with Gasteiger partial charge in [-0.2, -0.15) is 0 Å². The Balaban J connectivity index is 2.06. The second kappa shape index (κ2) is 6.74. The van der Waals surface area contributed by atoms with Crippen LogP contribution in [0, 0.1) is 5.92 Å². The molecule has 0 heterocycles. The van der Waals surface area contributed by atoms with Crippen LogP contribution in [0.5, 0.6) is 0 Å². The monoisotopic (exact) mass is 281 g/mol. The lowest BCUT2D eigenvalue weighted by Gasteiger charge is -2.30. The van der Waals surface area contributed by atoms with Gasteiger partial charge in [0.25, 0.3) is 0 Å². The van der Waals surface area contributed by atoms with Gasteiger partial charge in [-0.3, -0.25) is 0 Å². The molecule has 2 nitrogen and oxygen atoms in total. The Labute approximate surface area is 121 Å². The van der Waals surface area contributed by atoms with Crippen LogP contribution >= 0.6 is 11.6 Å². The Morgan fingerprint density at radius 2 is 1.74 bits per heavy atom. The van der Waals surface area contributed by atoms with Crippen molar-refractivity contribution in [3.05, 3.63) is 34.9 Å². The van der Waals surface area contributed by atoms with E-state index in [0.717, 1.165) is 5.56 Å². The molecule has 2 rings (SSSR count). The maximum absolute atomic E-state index is 10.6. The maximum atomic E-state index is 10.6. The molecule has 3 heteroatoms. The third-order valence-corrected chi connectivity index (χ3v) is 4.31. The van der Waals surface area contributed by atoms with Crippen LogP contribution in [0.25, 0.3) is 0 Å². The minimum absolute atomic E-state index is 0.101. The Hall–Kier alpha value is -0.570. The molecule has 1 aliphatic carbocycles. The molecule has 1 saturated carbocycles. The highest BCUT2D eigenvalue weighted by Gasteiger charge is 2.27. The van der Waals surface area contributed by atoms with Crippen molar-refractivity contribution in [2.75, 3.05) is 0 Å². The van der Waals surface area contributed by atoms with Gasteiger partial charge in [0.2, 0.25) is 0 Å². The highest BCUT2D eigenvalue weighted by Crippen LogP contribution is 2.26. The number of hydrogen-bond acceptors (Lipinski definition) is 2. The van der Waals surface area contributed by atoms with Crippen molar-refractivity contribution in [1.82, 2.24) is 5.32 Å². The zero-order valence-corrected chi connectivity index (χ0v) is 12.5. The maximum Gasteiger partial charge on any atom is 0.0945 e. The van der Waals surface area contributed by atoms with Gasteiger partial charge >= 0.3 is 0 Å². The minimum Gasteiger partial charge on any atom is -0.387 e. The summed E-state index contributed by atoms with van der Waals surface area (Å²) in [5, 5.41) is 15.0. The number of hydrogen-bond donors (Lipinski definition) is 2. The van der Waals surface area contributed by atoms with Crippen LogP contribution in [0.15, 0.2) is 24.3 Å². The standard InChI is InChI=1S/C16H24ClNO/c1-11(2)15(18-14-5-3-4-6-14)16(19)12-7-9-13(17)10-8-12/h7-11,14-16,18-19H,3-6H2,1-2H3. The topological polar surface area (TPSA) is 32.3 Å². The van der Waals surface area contributed by atoms with Gasteiger partial charge in [-0.15, -0.1) is 0 Å². The van der Waals surface area contributed by atoms with E-state index in [1.807, 2.05) is 24.3 Å². The summed E-state index contributed by atoms with van der Waals surface area (Å²) in [6.45, 7) is 4.32. The van der Waals surface area contributed by atoms with Gasteiger partial charge in [0, 0.05) is 17.1 Å². The number of rotatable bonds is 5.